The van der Waals surface area contributed by atoms with Crippen molar-refractivity contribution in [2.45, 2.75) is 6.92 Å². The fraction of sp³-hybridized carbons (Fsp3) is 0.100. The predicted octanol–water partition coefficient (Wildman–Crippen LogP) is 5.01. The van der Waals surface area contributed by atoms with Crippen LogP contribution >= 0.6 is 23.2 Å². The van der Waals surface area contributed by atoms with E-state index in [1.165, 1.54) is 37.5 Å². The molecule has 1 aliphatic heterocycles. The number of para-hydroxylation sites is 1. The maximum absolute atomic E-state index is 14.3. The van der Waals surface area contributed by atoms with Gasteiger partial charge in [0.2, 0.25) is 0 Å². The zero-order chi connectivity index (χ0) is 19.7. The Hall–Kier alpha value is -2.63. The first-order valence-electron chi connectivity index (χ1n) is 7.90. The van der Waals surface area contributed by atoms with Gasteiger partial charge in [0.1, 0.15) is 5.82 Å². The molecule has 2 aromatic carbocycles. The zero-order valence-electron chi connectivity index (χ0n) is 14.4. The van der Waals surface area contributed by atoms with E-state index in [9.17, 15) is 14.0 Å². The third-order valence-electron chi connectivity index (χ3n) is 4.15. The molecule has 4 nitrogen and oxygen atoms in total. The van der Waals surface area contributed by atoms with Crippen LogP contribution in [-0.2, 0) is 14.3 Å². The lowest BCUT2D eigenvalue weighted by molar-refractivity contribution is -0.136. The molecule has 0 unspecified atom stereocenters. The maximum Gasteiger partial charge on any atom is 0.340 e. The van der Waals surface area contributed by atoms with E-state index in [1.807, 2.05) is 0 Å². The quantitative estimate of drug-likeness (QED) is 0.532. The normalized spacial score (nSPS) is 15.7. The number of anilines is 1. The third kappa shape index (κ3) is 3.48. The molecule has 27 heavy (non-hydrogen) atoms. The number of hydrogen-bond donors (Lipinski definition) is 0. The average molecular weight is 406 g/mol. The molecule has 0 spiro atoms. The number of allylic oxidation sites excluding steroid dienone is 1. The van der Waals surface area contributed by atoms with Gasteiger partial charge in [-0.15, -0.1) is 0 Å². The monoisotopic (exact) mass is 405 g/mol. The number of rotatable bonds is 3. The summed E-state index contributed by atoms with van der Waals surface area (Å²) < 4.78 is 19.1. The van der Waals surface area contributed by atoms with Crippen molar-refractivity contribution in [3.05, 3.63) is 80.7 Å². The molecule has 0 fully saturated rings. The Morgan fingerprint density at radius 1 is 1.19 bits per heavy atom. The minimum Gasteiger partial charge on any atom is -0.465 e. The topological polar surface area (TPSA) is 46.6 Å². The van der Waals surface area contributed by atoms with Gasteiger partial charge in [-0.25, -0.2) is 9.18 Å². The molecular weight excluding hydrogens is 392 g/mol. The fourth-order valence-corrected chi connectivity index (χ4v) is 3.34. The predicted molar refractivity (Wildman–Crippen MR) is 103 cm³/mol. The van der Waals surface area contributed by atoms with E-state index < -0.39 is 17.7 Å². The minimum absolute atomic E-state index is 0.0482. The maximum atomic E-state index is 14.3. The van der Waals surface area contributed by atoms with Gasteiger partial charge in [0.25, 0.3) is 5.91 Å². The number of methoxy groups -OCH3 is 1. The molecule has 0 atom stereocenters. The van der Waals surface area contributed by atoms with Gasteiger partial charge in [-0.1, -0.05) is 41.4 Å². The Morgan fingerprint density at radius 2 is 1.89 bits per heavy atom. The number of carbonyl (C=O) groups is 2. The summed E-state index contributed by atoms with van der Waals surface area (Å²) in [5.41, 5.74) is 0.929. The molecule has 3 rings (SSSR count). The smallest absolute Gasteiger partial charge is 0.340 e. The van der Waals surface area contributed by atoms with E-state index >= 15 is 0 Å². The van der Waals surface area contributed by atoms with Crippen LogP contribution in [0.5, 0.6) is 0 Å². The number of amides is 1. The number of ether oxygens (including phenoxy) is 1. The zero-order valence-corrected chi connectivity index (χ0v) is 15.9. The van der Waals surface area contributed by atoms with Crippen LogP contribution in [0, 0.1) is 5.82 Å². The summed E-state index contributed by atoms with van der Waals surface area (Å²) in [5.74, 6) is -1.83. The highest BCUT2D eigenvalue weighted by Gasteiger charge is 2.38. The van der Waals surface area contributed by atoms with Crippen LogP contribution in [0.25, 0.3) is 6.08 Å². The second kappa shape index (κ2) is 7.55. The van der Waals surface area contributed by atoms with Crippen molar-refractivity contribution >= 4 is 46.8 Å². The molecule has 1 amide bonds. The first-order chi connectivity index (χ1) is 12.8. The first kappa shape index (κ1) is 19.1. The van der Waals surface area contributed by atoms with E-state index in [0.717, 1.165) is 4.90 Å². The third-order valence-corrected chi connectivity index (χ3v) is 4.71. The first-order valence-corrected chi connectivity index (χ1v) is 8.66. The molecule has 2 aromatic rings. The van der Waals surface area contributed by atoms with Gasteiger partial charge in [0.15, 0.2) is 0 Å². The van der Waals surface area contributed by atoms with Gasteiger partial charge < -0.3 is 4.74 Å². The van der Waals surface area contributed by atoms with E-state index in [2.05, 4.69) is 0 Å². The summed E-state index contributed by atoms with van der Waals surface area (Å²) in [6.45, 7) is 1.56. The summed E-state index contributed by atoms with van der Waals surface area (Å²) in [6.07, 6.45) is 1.47. The van der Waals surface area contributed by atoms with Crippen LogP contribution in [0.4, 0.5) is 10.1 Å². The lowest BCUT2D eigenvalue weighted by Gasteiger charge is -2.18. The van der Waals surface area contributed by atoms with E-state index in [1.54, 1.807) is 25.1 Å². The van der Waals surface area contributed by atoms with Crippen LogP contribution < -0.4 is 4.90 Å². The molecule has 0 bridgehead atoms. The van der Waals surface area contributed by atoms with Gasteiger partial charge in [0, 0.05) is 15.7 Å². The largest absolute Gasteiger partial charge is 0.465 e. The minimum atomic E-state index is -0.698. The molecular formula is C20H14Cl2FNO3. The Balaban J connectivity index is 2.19. The molecule has 138 valence electrons. The molecule has 0 radical (unpaired) electrons. The molecule has 1 heterocycles. The lowest BCUT2D eigenvalue weighted by atomic mass is 10.0. The number of benzene rings is 2. The van der Waals surface area contributed by atoms with Gasteiger partial charge in [0.05, 0.1) is 23.9 Å². The Bertz CT molecular complexity index is 1010. The Labute approximate surface area is 165 Å². The van der Waals surface area contributed by atoms with Crippen LogP contribution in [0.1, 0.15) is 12.5 Å². The van der Waals surface area contributed by atoms with Crippen LogP contribution in [0.15, 0.2) is 59.3 Å². The van der Waals surface area contributed by atoms with Gasteiger partial charge >= 0.3 is 5.97 Å². The second-order valence-corrected chi connectivity index (χ2v) is 6.61. The van der Waals surface area contributed by atoms with Crippen molar-refractivity contribution in [3.63, 3.8) is 0 Å². The molecule has 0 aliphatic carbocycles. The average Bonchev–Trinajstić information content (AvgIpc) is 2.87. The summed E-state index contributed by atoms with van der Waals surface area (Å²) >= 11 is 12.1. The highest BCUT2D eigenvalue weighted by Crippen LogP contribution is 2.37. The van der Waals surface area contributed by atoms with Crippen molar-refractivity contribution in [2.75, 3.05) is 12.0 Å². The van der Waals surface area contributed by atoms with Gasteiger partial charge in [-0.05, 0) is 42.8 Å². The Morgan fingerprint density at radius 3 is 2.52 bits per heavy atom. The molecule has 1 aliphatic rings. The highest BCUT2D eigenvalue weighted by atomic mass is 35.5. The summed E-state index contributed by atoms with van der Waals surface area (Å²) in [7, 11) is 1.21. The fourth-order valence-electron chi connectivity index (χ4n) is 2.88. The lowest BCUT2D eigenvalue weighted by Crippen LogP contribution is -2.25. The molecule has 0 saturated heterocycles. The van der Waals surface area contributed by atoms with Crippen LogP contribution in [0.3, 0.4) is 0 Å². The van der Waals surface area contributed by atoms with E-state index in [4.69, 9.17) is 27.9 Å². The van der Waals surface area contributed by atoms with Crippen LogP contribution in [0.2, 0.25) is 10.0 Å². The van der Waals surface area contributed by atoms with Gasteiger partial charge in [-0.2, -0.15) is 0 Å². The summed E-state index contributed by atoms with van der Waals surface area (Å²) in [4.78, 5) is 26.5. The van der Waals surface area contributed by atoms with E-state index in [0.29, 0.717) is 15.6 Å². The highest BCUT2D eigenvalue weighted by molar-refractivity contribution is 6.36. The molecule has 7 heteroatoms. The molecule has 0 aromatic heterocycles. The number of halogens is 3. The Kier molecular flexibility index (Phi) is 5.35. The second-order valence-electron chi connectivity index (χ2n) is 5.77. The molecule has 0 N–H and O–H groups in total. The standard InChI is InChI=1S/C20H14Cl2FNO3/c1-11-18(20(26)27-2)14(9-12-7-8-13(21)10-15(12)22)19(25)24(11)17-6-4-3-5-16(17)23/h3-10H,1-2H3/b14-9-. The van der Waals surface area contributed by atoms with Crippen LogP contribution in [-0.4, -0.2) is 19.0 Å². The number of carbonyl (C=O) groups excluding carboxylic acids is 2. The van der Waals surface area contributed by atoms with Crippen molar-refractivity contribution in [1.82, 2.24) is 0 Å². The number of esters is 1. The van der Waals surface area contributed by atoms with Crippen molar-refractivity contribution < 1.29 is 18.7 Å². The molecule has 0 saturated carbocycles. The van der Waals surface area contributed by atoms with Crippen molar-refractivity contribution in [1.29, 1.82) is 0 Å². The summed E-state index contributed by atoms with van der Waals surface area (Å²) in [5, 5.41) is 0.752. The van der Waals surface area contributed by atoms with Crippen molar-refractivity contribution in [2.24, 2.45) is 0 Å². The van der Waals surface area contributed by atoms with E-state index in [-0.39, 0.29) is 22.5 Å². The van der Waals surface area contributed by atoms with Crippen molar-refractivity contribution in [3.8, 4) is 0 Å². The number of nitrogens with zero attached hydrogens (tertiary/aromatic N) is 1. The SMILES string of the molecule is COC(=O)C1=C(C)N(c2ccccc2F)C(=O)/C1=C\c1ccc(Cl)cc1Cl. The van der Waals surface area contributed by atoms with Gasteiger partial charge in [-0.3, -0.25) is 9.69 Å². The summed E-state index contributed by atoms with van der Waals surface area (Å²) in [6, 6.07) is 10.6. The number of hydrogen-bond acceptors (Lipinski definition) is 3.